The maximum absolute atomic E-state index is 13.8. The minimum absolute atomic E-state index is 0.0100. The van der Waals surface area contributed by atoms with E-state index in [1.165, 1.54) is 23.2 Å². The number of phosphoric acid groups is 2. The van der Waals surface area contributed by atoms with Crippen LogP contribution >= 0.6 is 15.6 Å². The van der Waals surface area contributed by atoms with Crippen LogP contribution in [0.15, 0.2) is 34.8 Å². The van der Waals surface area contributed by atoms with Gasteiger partial charge in [-0.1, -0.05) is 11.5 Å². The number of esters is 1. The van der Waals surface area contributed by atoms with Crippen molar-refractivity contribution in [3.05, 3.63) is 45.8 Å². The number of aliphatic hydroxyl groups excluding tert-OH is 1. The molecule has 0 saturated carbocycles. The third-order valence-corrected chi connectivity index (χ3v) is 10.2. The first-order valence-electron chi connectivity index (χ1n) is 18.0. The average Bonchev–Trinajstić information content (AvgIpc) is 3.83. The number of nitrogens with zero attached hydrogens (tertiary/aromatic N) is 9. The molecule has 5 rings (SSSR count). The normalized spacial score (nSPS) is 24.7. The Morgan fingerprint density at radius 3 is 2.52 bits per heavy atom. The summed E-state index contributed by atoms with van der Waals surface area (Å²) in [5.41, 5.74) is 18.5. The summed E-state index contributed by atoms with van der Waals surface area (Å²) < 4.78 is 65.1. The zero-order valence-electron chi connectivity index (χ0n) is 32.1. The Hall–Kier alpha value is -4.82. The number of nitrogen functional groups attached to an aromatic ring is 2. The van der Waals surface area contributed by atoms with Gasteiger partial charge in [0.1, 0.15) is 59.9 Å². The molecular formula is C30H44N12O16P2. The van der Waals surface area contributed by atoms with Crippen LogP contribution in [0.25, 0.3) is 21.6 Å². The van der Waals surface area contributed by atoms with Gasteiger partial charge in [0, 0.05) is 24.1 Å². The quantitative estimate of drug-likeness (QED) is 0.0231. The van der Waals surface area contributed by atoms with E-state index in [0.29, 0.717) is 6.42 Å². The highest BCUT2D eigenvalue weighted by atomic mass is 31.2. The highest BCUT2D eigenvalue weighted by molar-refractivity contribution is 7.47. The third-order valence-electron chi connectivity index (χ3n) is 8.68. The molecule has 0 aromatic carbocycles. The zero-order valence-corrected chi connectivity index (χ0v) is 33.9. The number of nitrogens with two attached hydrogens (primary N) is 2. The van der Waals surface area contributed by atoms with E-state index in [1.807, 2.05) is 0 Å². The van der Waals surface area contributed by atoms with E-state index >= 15 is 0 Å². The summed E-state index contributed by atoms with van der Waals surface area (Å²) >= 11 is 0. The van der Waals surface area contributed by atoms with Gasteiger partial charge in [0.25, 0.3) is 0 Å². The smallest absolute Gasteiger partial charge is 0.455 e. The summed E-state index contributed by atoms with van der Waals surface area (Å²) in [7, 11) is -10.3. The van der Waals surface area contributed by atoms with Crippen molar-refractivity contribution in [2.45, 2.75) is 101 Å². The lowest BCUT2D eigenvalue weighted by Crippen LogP contribution is -2.47. The predicted molar refractivity (Wildman–Crippen MR) is 201 cm³/mol. The maximum Gasteiger partial charge on any atom is 0.472 e. The fraction of sp³-hybridized carbons (Fsp3) is 0.633. The number of imidazole rings is 1. The number of unbranched alkanes of at least 4 members (excludes halogenated alkanes) is 1. The Morgan fingerprint density at radius 1 is 1.10 bits per heavy atom. The molecule has 60 heavy (non-hydrogen) atoms. The summed E-state index contributed by atoms with van der Waals surface area (Å²) in [6.45, 7) is 3.13. The van der Waals surface area contributed by atoms with Crippen LogP contribution in [0.2, 0.25) is 0 Å². The molecule has 9 N–H and O–H groups in total. The number of azide groups is 1. The summed E-state index contributed by atoms with van der Waals surface area (Å²) in [5.74, 6) is -1.20. The van der Waals surface area contributed by atoms with E-state index in [0.717, 1.165) is 10.9 Å². The van der Waals surface area contributed by atoms with Crippen LogP contribution < -0.4 is 22.5 Å². The molecule has 0 spiro atoms. The van der Waals surface area contributed by atoms with E-state index < -0.39 is 101 Å². The van der Waals surface area contributed by atoms with E-state index in [-0.39, 0.29) is 48.6 Å². The van der Waals surface area contributed by atoms with Gasteiger partial charge in [-0.3, -0.25) is 22.7 Å². The lowest BCUT2D eigenvalue weighted by atomic mass is 10.1. The van der Waals surface area contributed by atoms with Crippen LogP contribution in [0.3, 0.4) is 0 Å². The second kappa shape index (κ2) is 19.3. The number of carbonyl (C=O) groups is 2. The van der Waals surface area contributed by atoms with Crippen molar-refractivity contribution in [1.29, 1.82) is 0 Å². The van der Waals surface area contributed by atoms with Crippen molar-refractivity contribution in [2.75, 3.05) is 31.2 Å². The van der Waals surface area contributed by atoms with Gasteiger partial charge >= 0.3 is 33.4 Å². The molecule has 1 unspecified atom stereocenters. The second-order valence-electron chi connectivity index (χ2n) is 14.3. The SMILES string of the molecule is CC(C)(C)OC(=O)N[C@@H](CCCCN=[N+]=[N-])C(=O)O[C@H]1[C@@H](O)[C@H](n2cnc3c(N)ncnc32)O[C@@H]1COP(=O)(O)O[C@H]1C[C@H](n2ccc(N)nc2=O)O[C@@H]1COP(=O)(O)O. The largest absolute Gasteiger partial charge is 0.472 e. The van der Waals surface area contributed by atoms with Crippen LogP contribution in [0.1, 0.15) is 58.9 Å². The molecule has 2 saturated heterocycles. The van der Waals surface area contributed by atoms with Gasteiger partial charge in [-0.05, 0) is 45.2 Å². The first-order valence-corrected chi connectivity index (χ1v) is 21.0. The van der Waals surface area contributed by atoms with Gasteiger partial charge < -0.3 is 55.5 Å². The molecule has 2 aliphatic rings. The van der Waals surface area contributed by atoms with Crippen LogP contribution in [0, 0.1) is 0 Å². The lowest BCUT2D eigenvalue weighted by molar-refractivity contribution is -0.159. The van der Waals surface area contributed by atoms with Crippen LogP contribution in [-0.4, -0.2) is 123 Å². The molecule has 3 aromatic rings. The molecule has 2 aliphatic heterocycles. The number of carbonyl (C=O) groups excluding carboxylic acids is 2. The fourth-order valence-corrected chi connectivity index (χ4v) is 7.39. The zero-order chi connectivity index (χ0) is 44.0. The van der Waals surface area contributed by atoms with Crippen LogP contribution in [-0.2, 0) is 46.4 Å². The van der Waals surface area contributed by atoms with Crippen molar-refractivity contribution >= 4 is 50.5 Å². The number of rotatable bonds is 18. The number of hydrogen-bond donors (Lipinski definition) is 7. The van der Waals surface area contributed by atoms with E-state index in [4.69, 9.17) is 45.0 Å². The Labute approximate surface area is 338 Å². The molecular weight excluding hydrogens is 846 g/mol. The van der Waals surface area contributed by atoms with Crippen molar-refractivity contribution in [3.63, 3.8) is 0 Å². The number of amides is 1. The molecule has 2 fully saturated rings. The number of hydrogen-bond acceptors (Lipinski definition) is 20. The van der Waals surface area contributed by atoms with Gasteiger partial charge in [0.2, 0.25) is 0 Å². The summed E-state index contributed by atoms with van der Waals surface area (Å²) in [4.78, 5) is 86.9. The van der Waals surface area contributed by atoms with E-state index in [1.54, 1.807) is 20.8 Å². The standard InChI is InChI=1S/C30H44N12O16P2/c1-30(2,3)57-29(46)38-15(6-4-5-8-37-40-33)27(44)56-23-18(55-26(22(23)43)42-14-36-21-24(32)34-13-35-25(21)42)12-53-60(50,51)58-16-10-20(41-9-7-19(31)39-28(41)45)54-17(16)11-52-59(47,48)49/h7,9,13-18,20,22-23,26,43H,4-6,8,10-12H2,1-3H3,(H,38,46)(H,50,51)(H2,31,39,45)(H2,32,34,35)(H2,47,48,49)/t15-,16-,17+,18+,20+,22+,23+,26+/m0/s1. The van der Waals surface area contributed by atoms with Crippen molar-refractivity contribution in [3.8, 4) is 0 Å². The lowest BCUT2D eigenvalue weighted by Gasteiger charge is -2.26. The molecule has 0 radical (unpaired) electrons. The number of ether oxygens (including phenoxy) is 4. The van der Waals surface area contributed by atoms with Crippen LogP contribution in [0.4, 0.5) is 16.4 Å². The predicted octanol–water partition coefficient (Wildman–Crippen LogP) is 0.691. The molecule has 3 aromatic heterocycles. The summed E-state index contributed by atoms with van der Waals surface area (Å²) in [6, 6.07) is -0.109. The molecule has 28 nitrogen and oxygen atoms in total. The number of aliphatic hydroxyl groups is 1. The third kappa shape index (κ3) is 12.4. The molecule has 9 atom stereocenters. The topological polar surface area (TPSA) is 405 Å². The monoisotopic (exact) mass is 890 g/mol. The average molecular weight is 891 g/mol. The first-order chi connectivity index (χ1) is 28.1. The second-order valence-corrected chi connectivity index (χ2v) is 16.9. The summed E-state index contributed by atoms with van der Waals surface area (Å²) in [5, 5.41) is 17.5. The number of phosphoric ester groups is 2. The minimum atomic E-state index is -5.24. The first kappa shape index (κ1) is 46.2. The van der Waals surface area contributed by atoms with E-state index in [2.05, 4.69) is 39.8 Å². The molecule has 30 heteroatoms. The molecule has 5 heterocycles. The maximum atomic E-state index is 13.8. The fourth-order valence-electron chi connectivity index (χ4n) is 6.09. The number of fused-ring (bicyclic) bond motifs is 1. The number of nitrogens with one attached hydrogen (secondary N) is 1. The Kier molecular flexibility index (Phi) is 14.9. The van der Waals surface area contributed by atoms with Crippen molar-refractivity contribution < 1.29 is 71.0 Å². The number of anilines is 2. The molecule has 330 valence electrons. The Balaban J connectivity index is 1.37. The van der Waals surface area contributed by atoms with Crippen molar-refractivity contribution in [1.82, 2.24) is 34.4 Å². The minimum Gasteiger partial charge on any atom is -0.455 e. The Bertz CT molecular complexity index is 2210. The van der Waals surface area contributed by atoms with E-state index in [9.17, 15) is 43.3 Å². The van der Waals surface area contributed by atoms with Crippen LogP contribution in [0.5, 0.6) is 0 Å². The molecule has 0 bridgehead atoms. The number of aromatic nitrogens is 6. The molecule has 1 amide bonds. The van der Waals surface area contributed by atoms with Gasteiger partial charge in [0.15, 0.2) is 23.8 Å². The highest BCUT2D eigenvalue weighted by Crippen LogP contribution is 2.50. The van der Waals surface area contributed by atoms with Gasteiger partial charge in [-0.15, -0.1) is 0 Å². The Morgan fingerprint density at radius 2 is 1.83 bits per heavy atom. The molecule has 0 aliphatic carbocycles. The van der Waals surface area contributed by atoms with Gasteiger partial charge in [0.05, 0.1) is 19.5 Å². The van der Waals surface area contributed by atoms with Gasteiger partial charge in [-0.2, -0.15) is 4.98 Å². The highest BCUT2D eigenvalue weighted by Gasteiger charge is 2.50. The summed E-state index contributed by atoms with van der Waals surface area (Å²) in [6.07, 6.45) is -7.85. The van der Waals surface area contributed by atoms with Gasteiger partial charge in [-0.25, -0.2) is 38.5 Å². The van der Waals surface area contributed by atoms with Crippen molar-refractivity contribution in [2.24, 2.45) is 5.11 Å². The number of alkyl carbamates (subject to hydrolysis) is 1.